The SMILES string of the molecule is C=CCN(C(=O)c1ccc(Cl)cc1)C(C)C(=O)c1c(C)[nH]c(C(=O)OCC)c1C. The molecular weight excluding hydrogens is 392 g/mol. The molecule has 1 aromatic carbocycles. The number of ketones is 1. The minimum atomic E-state index is -0.764. The number of nitrogens with one attached hydrogen (secondary N) is 1. The highest BCUT2D eigenvalue weighted by Gasteiger charge is 2.31. The smallest absolute Gasteiger partial charge is 0.355 e. The Morgan fingerprint density at radius 3 is 2.41 bits per heavy atom. The maximum Gasteiger partial charge on any atom is 0.355 e. The molecular formula is C22H25ClN2O4. The van der Waals surface area contributed by atoms with Crippen LogP contribution in [0, 0.1) is 13.8 Å². The van der Waals surface area contributed by atoms with Crippen LogP contribution in [-0.2, 0) is 4.74 Å². The number of esters is 1. The maximum atomic E-state index is 13.3. The van der Waals surface area contributed by atoms with E-state index in [1.165, 1.54) is 4.90 Å². The largest absolute Gasteiger partial charge is 0.461 e. The topological polar surface area (TPSA) is 79.5 Å². The maximum absolute atomic E-state index is 13.3. The van der Waals surface area contributed by atoms with Gasteiger partial charge in [-0.15, -0.1) is 6.58 Å². The van der Waals surface area contributed by atoms with Crippen molar-refractivity contribution in [1.82, 2.24) is 9.88 Å². The predicted molar refractivity (Wildman–Crippen MR) is 113 cm³/mol. The Bertz CT molecular complexity index is 931. The molecule has 1 unspecified atom stereocenters. The first-order valence-corrected chi connectivity index (χ1v) is 9.68. The summed E-state index contributed by atoms with van der Waals surface area (Å²) in [4.78, 5) is 42.8. The van der Waals surface area contributed by atoms with Crippen LogP contribution >= 0.6 is 11.6 Å². The van der Waals surface area contributed by atoms with E-state index < -0.39 is 12.0 Å². The van der Waals surface area contributed by atoms with Crippen molar-refractivity contribution in [2.45, 2.75) is 33.7 Å². The van der Waals surface area contributed by atoms with E-state index in [-0.39, 0.29) is 30.5 Å². The molecule has 1 aromatic heterocycles. The predicted octanol–water partition coefficient (Wildman–Crippen LogP) is 4.36. The molecule has 1 heterocycles. The average Bonchev–Trinajstić information content (AvgIpc) is 2.99. The molecule has 0 spiro atoms. The van der Waals surface area contributed by atoms with Gasteiger partial charge < -0.3 is 14.6 Å². The second kappa shape index (κ2) is 9.56. The molecule has 154 valence electrons. The van der Waals surface area contributed by atoms with Crippen molar-refractivity contribution >= 4 is 29.3 Å². The van der Waals surface area contributed by atoms with Gasteiger partial charge in [0.25, 0.3) is 5.91 Å². The minimum Gasteiger partial charge on any atom is -0.461 e. The van der Waals surface area contributed by atoms with Crippen molar-refractivity contribution in [3.8, 4) is 0 Å². The van der Waals surface area contributed by atoms with Gasteiger partial charge in [0.2, 0.25) is 0 Å². The van der Waals surface area contributed by atoms with Gasteiger partial charge in [-0.2, -0.15) is 0 Å². The van der Waals surface area contributed by atoms with Gasteiger partial charge in [0.15, 0.2) is 5.78 Å². The number of ether oxygens (including phenoxy) is 1. The van der Waals surface area contributed by atoms with Gasteiger partial charge in [-0.05, 0) is 57.5 Å². The van der Waals surface area contributed by atoms with E-state index >= 15 is 0 Å². The number of Topliss-reactive ketones (excluding diaryl/α,β-unsaturated/α-hetero) is 1. The van der Waals surface area contributed by atoms with Gasteiger partial charge in [0, 0.05) is 28.4 Å². The van der Waals surface area contributed by atoms with Crippen LogP contribution in [0.5, 0.6) is 0 Å². The lowest BCUT2D eigenvalue weighted by Crippen LogP contribution is -2.43. The van der Waals surface area contributed by atoms with Crippen LogP contribution in [0.25, 0.3) is 0 Å². The van der Waals surface area contributed by atoms with Crippen LogP contribution in [0.4, 0.5) is 0 Å². The Morgan fingerprint density at radius 2 is 1.86 bits per heavy atom. The number of halogens is 1. The van der Waals surface area contributed by atoms with Gasteiger partial charge in [-0.1, -0.05) is 17.7 Å². The number of hydrogen-bond donors (Lipinski definition) is 1. The molecule has 1 atom stereocenters. The third-order valence-corrected chi connectivity index (χ3v) is 4.94. The van der Waals surface area contributed by atoms with Gasteiger partial charge in [-0.3, -0.25) is 9.59 Å². The molecule has 0 bridgehead atoms. The Labute approximate surface area is 175 Å². The van der Waals surface area contributed by atoms with Crippen molar-refractivity contribution in [3.05, 3.63) is 70.0 Å². The number of aromatic nitrogens is 1. The van der Waals surface area contributed by atoms with E-state index in [2.05, 4.69) is 11.6 Å². The third kappa shape index (κ3) is 4.77. The molecule has 0 aliphatic rings. The first-order chi connectivity index (χ1) is 13.7. The summed E-state index contributed by atoms with van der Waals surface area (Å²) in [7, 11) is 0. The molecule has 6 nitrogen and oxygen atoms in total. The fourth-order valence-corrected chi connectivity index (χ4v) is 3.32. The van der Waals surface area contributed by atoms with Gasteiger partial charge in [0.05, 0.1) is 12.6 Å². The molecule has 0 saturated heterocycles. The molecule has 0 aliphatic carbocycles. The number of H-pyrrole nitrogens is 1. The Morgan fingerprint density at radius 1 is 1.24 bits per heavy atom. The molecule has 2 rings (SSSR count). The second-order valence-corrected chi connectivity index (χ2v) is 7.08. The molecule has 1 amide bonds. The molecule has 2 aromatic rings. The van der Waals surface area contributed by atoms with Gasteiger partial charge in [-0.25, -0.2) is 4.79 Å². The Balaban J connectivity index is 2.37. The number of aryl methyl sites for hydroxylation is 1. The zero-order valence-electron chi connectivity index (χ0n) is 17.0. The minimum absolute atomic E-state index is 0.196. The molecule has 0 fully saturated rings. The number of aromatic amines is 1. The van der Waals surface area contributed by atoms with Gasteiger partial charge >= 0.3 is 5.97 Å². The fourth-order valence-electron chi connectivity index (χ4n) is 3.19. The summed E-state index contributed by atoms with van der Waals surface area (Å²) in [6, 6.07) is 5.71. The Kier molecular flexibility index (Phi) is 7.40. The van der Waals surface area contributed by atoms with E-state index in [4.69, 9.17) is 16.3 Å². The monoisotopic (exact) mass is 416 g/mol. The van der Waals surface area contributed by atoms with E-state index in [1.54, 1.807) is 58.0 Å². The van der Waals surface area contributed by atoms with E-state index in [0.29, 0.717) is 27.4 Å². The molecule has 0 radical (unpaired) electrons. The van der Waals surface area contributed by atoms with Crippen LogP contribution in [-0.4, -0.2) is 46.7 Å². The van der Waals surface area contributed by atoms with Crippen LogP contribution in [0.1, 0.15) is 56.3 Å². The molecule has 7 heteroatoms. The van der Waals surface area contributed by atoms with Crippen LogP contribution in [0.15, 0.2) is 36.9 Å². The molecule has 1 N–H and O–H groups in total. The summed E-state index contributed by atoms with van der Waals surface area (Å²) in [6.07, 6.45) is 1.57. The summed E-state index contributed by atoms with van der Waals surface area (Å²) in [5.74, 6) is -1.09. The highest BCUT2D eigenvalue weighted by Crippen LogP contribution is 2.23. The number of nitrogens with zero attached hydrogens (tertiary/aromatic N) is 1. The zero-order chi connectivity index (χ0) is 21.7. The van der Waals surface area contributed by atoms with Gasteiger partial charge in [0.1, 0.15) is 5.69 Å². The van der Waals surface area contributed by atoms with Crippen molar-refractivity contribution in [3.63, 3.8) is 0 Å². The molecule has 0 saturated carbocycles. The highest BCUT2D eigenvalue weighted by atomic mass is 35.5. The van der Waals surface area contributed by atoms with Crippen molar-refractivity contribution in [2.24, 2.45) is 0 Å². The van der Waals surface area contributed by atoms with Crippen LogP contribution in [0.2, 0.25) is 5.02 Å². The first kappa shape index (κ1) is 22.4. The van der Waals surface area contributed by atoms with E-state index in [0.717, 1.165) is 0 Å². The lowest BCUT2D eigenvalue weighted by atomic mass is 9.99. The number of rotatable bonds is 8. The number of carbonyl (C=O) groups excluding carboxylic acids is 3. The lowest BCUT2D eigenvalue weighted by Gasteiger charge is -2.27. The number of benzene rings is 1. The summed E-state index contributed by atoms with van der Waals surface area (Å²) >= 11 is 5.90. The Hall–Kier alpha value is -2.86. The number of hydrogen-bond acceptors (Lipinski definition) is 4. The second-order valence-electron chi connectivity index (χ2n) is 6.64. The van der Waals surface area contributed by atoms with Crippen molar-refractivity contribution in [1.29, 1.82) is 0 Å². The lowest BCUT2D eigenvalue weighted by molar-refractivity contribution is 0.0519. The fraction of sp³-hybridized carbons (Fsp3) is 0.318. The number of carbonyl (C=O) groups is 3. The molecule has 0 aliphatic heterocycles. The number of amides is 1. The normalized spacial score (nSPS) is 11.6. The van der Waals surface area contributed by atoms with Crippen LogP contribution < -0.4 is 0 Å². The summed E-state index contributed by atoms with van der Waals surface area (Å²) < 4.78 is 5.04. The summed E-state index contributed by atoms with van der Waals surface area (Å²) in [6.45, 7) is 10.9. The summed E-state index contributed by atoms with van der Waals surface area (Å²) in [5, 5.41) is 0.519. The van der Waals surface area contributed by atoms with Crippen LogP contribution in [0.3, 0.4) is 0 Å². The van der Waals surface area contributed by atoms with Crippen molar-refractivity contribution in [2.75, 3.05) is 13.2 Å². The standard InChI is InChI=1S/C22H25ClN2O4/c1-6-12-25(21(27)16-8-10-17(23)11-9-16)15(5)20(26)18-13(3)19(24-14(18)4)22(28)29-7-2/h6,8-11,15,24H,1,7,12H2,2-5H3. The zero-order valence-corrected chi connectivity index (χ0v) is 17.8. The molecule has 29 heavy (non-hydrogen) atoms. The van der Waals surface area contributed by atoms with Crippen molar-refractivity contribution < 1.29 is 19.1 Å². The average molecular weight is 417 g/mol. The van der Waals surface area contributed by atoms with E-state index in [1.807, 2.05) is 0 Å². The van der Waals surface area contributed by atoms with E-state index in [9.17, 15) is 14.4 Å². The highest BCUT2D eigenvalue weighted by molar-refractivity contribution is 6.30. The quantitative estimate of drug-likeness (QED) is 0.394. The first-order valence-electron chi connectivity index (χ1n) is 9.30. The third-order valence-electron chi connectivity index (χ3n) is 4.69. The summed E-state index contributed by atoms with van der Waals surface area (Å²) in [5.41, 5.74) is 2.12.